The number of Topliss-reactive ketones (excluding diaryl/α,β-unsaturated/α-hetero) is 2. The Morgan fingerprint density at radius 2 is 0.806 bits per heavy atom. The van der Waals surface area contributed by atoms with Gasteiger partial charge in [-0.3, -0.25) is 19.2 Å². The summed E-state index contributed by atoms with van der Waals surface area (Å²) in [6.07, 6.45) is -22.3. The highest BCUT2D eigenvalue weighted by Gasteiger charge is 2.58. The maximum atomic E-state index is 14.1. The van der Waals surface area contributed by atoms with Gasteiger partial charge in [0.2, 0.25) is 0 Å². The Kier molecular flexibility index (Phi) is 31.8. The van der Waals surface area contributed by atoms with Crippen LogP contribution in [-0.4, -0.2) is 307 Å². The summed E-state index contributed by atoms with van der Waals surface area (Å²) in [5, 5.41) is 126. The van der Waals surface area contributed by atoms with Crippen LogP contribution in [0.2, 0.25) is 0 Å². The molecule has 0 aromatic carbocycles. The quantitative estimate of drug-likeness (QED) is 0.111. The molecule has 6 saturated heterocycles. The fourth-order valence-electron chi connectivity index (χ4n) is 16.9. The van der Waals surface area contributed by atoms with Crippen LogP contribution in [0.25, 0.3) is 0 Å². The minimum Gasteiger partial charge on any atom is -0.459 e. The molecule has 602 valence electrons. The van der Waals surface area contributed by atoms with E-state index in [0.29, 0.717) is 6.42 Å². The van der Waals surface area contributed by atoms with Crippen molar-refractivity contribution in [2.75, 3.05) is 42.4 Å². The Hall–Kier alpha value is -2.64. The molecule has 103 heavy (non-hydrogen) atoms. The van der Waals surface area contributed by atoms with Gasteiger partial charge in [-0.25, -0.2) is 0 Å². The van der Waals surface area contributed by atoms with Crippen molar-refractivity contribution in [1.29, 1.82) is 0 Å². The molecule has 0 aromatic heterocycles. The van der Waals surface area contributed by atoms with Crippen molar-refractivity contribution in [2.45, 2.75) is 358 Å². The summed E-state index contributed by atoms with van der Waals surface area (Å²) < 4.78 is 73.8. The lowest BCUT2D eigenvalue weighted by molar-refractivity contribution is -0.327. The first kappa shape index (κ1) is 91.0. The molecule has 6 heterocycles. The van der Waals surface area contributed by atoms with E-state index in [2.05, 4.69) is 0 Å². The van der Waals surface area contributed by atoms with Gasteiger partial charge in [0.15, 0.2) is 25.2 Å². The van der Waals surface area contributed by atoms with Crippen molar-refractivity contribution >= 4 is 23.5 Å². The van der Waals surface area contributed by atoms with E-state index in [1.54, 1.807) is 109 Å². The number of nitrogens with zero attached hydrogens (tertiary/aromatic N) is 2. The van der Waals surface area contributed by atoms with Crippen molar-refractivity contribution in [3.63, 3.8) is 0 Å². The predicted octanol–water partition coefficient (Wildman–Crippen LogP) is 2.54. The summed E-state index contributed by atoms with van der Waals surface area (Å²) in [6.45, 7) is 32.2. The highest BCUT2D eigenvalue weighted by Crippen LogP contribution is 2.44. The molecule has 0 radical (unpaired) electrons. The van der Waals surface area contributed by atoms with E-state index >= 15 is 0 Å². The summed E-state index contributed by atoms with van der Waals surface area (Å²) >= 11 is 0. The molecular weight excluding hydrogens is 1350 g/mol. The van der Waals surface area contributed by atoms with Gasteiger partial charge in [0, 0.05) is 68.6 Å². The van der Waals surface area contributed by atoms with Gasteiger partial charge in [0.05, 0.1) is 107 Å². The number of carbonyl (C=O) groups is 4. The third-order valence-corrected chi connectivity index (χ3v) is 23.8. The Morgan fingerprint density at radius 3 is 1.14 bits per heavy atom. The largest absolute Gasteiger partial charge is 0.459 e. The van der Waals surface area contributed by atoms with E-state index in [4.69, 9.17) is 56.8 Å². The highest BCUT2D eigenvalue weighted by molar-refractivity contribution is 5.84. The number of hydrogen-bond acceptors (Lipinski definition) is 29. The summed E-state index contributed by atoms with van der Waals surface area (Å²) in [7, 11) is 10.0. The van der Waals surface area contributed by atoms with Gasteiger partial charge in [-0.1, -0.05) is 55.4 Å². The van der Waals surface area contributed by atoms with Crippen LogP contribution >= 0.6 is 0 Å². The molecule has 29 heteroatoms. The number of hydrogen-bond donors (Lipinski definition) is 11. The Labute approximate surface area is 611 Å². The first-order valence-corrected chi connectivity index (χ1v) is 37.1. The highest BCUT2D eigenvalue weighted by atomic mass is 16.7. The summed E-state index contributed by atoms with van der Waals surface area (Å²) in [4.78, 5) is 59.3. The number of cyclic esters (lactones) is 2. The maximum absolute atomic E-state index is 14.1. The molecule has 6 aliphatic heterocycles. The van der Waals surface area contributed by atoms with Gasteiger partial charge in [-0.05, 0) is 143 Å². The number of aliphatic hydroxyl groups excluding tert-OH is 7. The van der Waals surface area contributed by atoms with Crippen molar-refractivity contribution in [3.05, 3.63) is 0 Å². The minimum absolute atomic E-state index is 0.0637. The van der Waals surface area contributed by atoms with Crippen LogP contribution in [0.1, 0.15) is 183 Å². The summed E-state index contributed by atoms with van der Waals surface area (Å²) in [6, 6.07) is -1.12. The topological polar surface area (TPSA) is 408 Å². The molecule has 11 N–H and O–H groups in total. The standard InChI is InChI=1S/C37H67NO14.C37H67NO13/c1-14-23-37(10,46)30(42)18(3)26(39)17(2)15-35(8,45)32(52-34-28(41)25(38(11)12)27(40)21(6)49-34)19(4)29(20(5)33(44)50-23)51-24-16-36(9,47-13)31(43)22(7)48-24;1-14-25-37(10,45)30(41)20(4)27(39)18(2)16-35(8,44)32(51-34-28(40)24(38(11)12)15-19(3)47-34)21(5)29(22(6)33(43)49-25)50-26-17-36(9,46-13)31(42)23(7)48-26/h17-25,27-32,34,40-43,45-46H,14-16H2,1-13H3;18-26,28-32,34,40-42,44-45H,14-17H2,1-13H3/t17-,18+,19+,20-,21-,22+,23-,24+,25+,27-,28-,29+,30-,31+,32-,34+,35-,36-,37-;18-,19-,20+,21+,22-,23+,24+,25-,26+,28-,29+,30-,31+,32-,34+,35-,36-,37-/m11/s1. The molecule has 0 saturated carbocycles. The molecule has 0 unspecified atom stereocenters. The monoisotopic (exact) mass is 1480 g/mol. The van der Waals surface area contributed by atoms with E-state index in [-0.39, 0.29) is 50.7 Å². The number of methoxy groups -OCH3 is 2. The molecule has 0 amide bonds. The van der Waals surface area contributed by atoms with Crippen LogP contribution in [0, 0.1) is 47.3 Å². The number of likely N-dealkylation sites (N-methyl/N-ethyl adjacent to an activating group) is 2. The van der Waals surface area contributed by atoms with Crippen LogP contribution in [0.15, 0.2) is 0 Å². The number of ketones is 2. The molecule has 29 nitrogen and oxygen atoms in total. The average molecular weight is 1480 g/mol. The molecule has 0 aromatic rings. The zero-order valence-corrected chi connectivity index (χ0v) is 66.2. The van der Waals surface area contributed by atoms with E-state index in [1.807, 2.05) is 25.9 Å². The smallest absolute Gasteiger partial charge is 0.311 e. The van der Waals surface area contributed by atoms with Crippen LogP contribution < -0.4 is 0 Å². The van der Waals surface area contributed by atoms with Crippen LogP contribution in [0.5, 0.6) is 0 Å². The molecule has 6 fully saturated rings. The van der Waals surface area contributed by atoms with Gasteiger partial charge in [-0.15, -0.1) is 0 Å². The second kappa shape index (κ2) is 36.0. The summed E-state index contributed by atoms with van der Waals surface area (Å²) in [5.41, 5.74) is -9.80. The van der Waals surface area contributed by atoms with Crippen LogP contribution in [0.3, 0.4) is 0 Å². The minimum atomic E-state index is -2.02. The number of esters is 2. The normalized spacial score (nSPS) is 50.1. The fraction of sp³-hybridized carbons (Fsp3) is 0.946. The molecule has 6 rings (SSSR count). The first-order chi connectivity index (χ1) is 47.3. The maximum Gasteiger partial charge on any atom is 0.311 e. The molecule has 37 atom stereocenters. The van der Waals surface area contributed by atoms with Crippen molar-refractivity contribution < 1.29 is 132 Å². The number of aliphatic hydroxyl groups is 11. The molecule has 0 aliphatic carbocycles. The predicted molar refractivity (Wildman–Crippen MR) is 374 cm³/mol. The average Bonchev–Trinajstić information content (AvgIpc) is 0.781. The third kappa shape index (κ3) is 20.3. The van der Waals surface area contributed by atoms with Crippen molar-refractivity contribution in [3.8, 4) is 0 Å². The molecular formula is C74H134N2O27. The van der Waals surface area contributed by atoms with E-state index in [0.717, 1.165) is 0 Å². The number of rotatable bonds is 14. The van der Waals surface area contributed by atoms with E-state index in [1.165, 1.54) is 55.8 Å². The zero-order valence-electron chi connectivity index (χ0n) is 66.2. The van der Waals surface area contributed by atoms with Crippen LogP contribution in [0.4, 0.5) is 0 Å². The van der Waals surface area contributed by atoms with E-state index in [9.17, 15) is 75.3 Å². The fourth-order valence-corrected chi connectivity index (χ4v) is 16.9. The lowest BCUT2D eigenvalue weighted by Gasteiger charge is -2.49. The van der Waals surface area contributed by atoms with Crippen molar-refractivity contribution in [2.24, 2.45) is 47.3 Å². The van der Waals surface area contributed by atoms with Gasteiger partial charge >= 0.3 is 11.9 Å². The van der Waals surface area contributed by atoms with Gasteiger partial charge in [0.25, 0.3) is 0 Å². The summed E-state index contributed by atoms with van der Waals surface area (Å²) in [5.74, 6) is -10.2. The third-order valence-electron chi connectivity index (χ3n) is 23.8. The Bertz CT molecular complexity index is 2720. The number of carbonyl (C=O) groups excluding carboxylic acids is 4. The van der Waals surface area contributed by atoms with Gasteiger partial charge in [0.1, 0.15) is 59.4 Å². The lowest BCUT2D eigenvalue weighted by Crippen LogP contribution is -2.64. The Morgan fingerprint density at radius 1 is 0.447 bits per heavy atom. The SMILES string of the molecule is CC[C@H]1OC(=O)[C@H](C)[C@@H](O[C@H]2C[C@@](C)(OC)[C@@H](O)[C@H](C)O2)[C@H](C)[C@@H](O[C@@H]2O[C@H](C)C[C@H](N(C)C)[C@H]2O)[C@](C)(O)C[C@@H](C)C(=O)[C@H](C)[C@@H](O)[C@]1(C)O.CC[C@H]1OC(=O)[C@H](C)[C@@H](O[C@H]2C[C@@](C)(OC)[C@@H](O)[C@H](C)O2)[C@H](C)[C@@H](O[C@@H]2O[C@H](C)[C@@H](O)[C@H](N(C)C)[C@H]2O)[C@](C)(O)C[C@@H](C)C(=O)[C@H](C)[C@@H](O)[C@]1(C)O. The lowest BCUT2D eigenvalue weighted by atomic mass is 9.74. The van der Waals surface area contributed by atoms with Gasteiger partial charge < -0.3 is 123 Å². The zero-order chi connectivity index (χ0) is 78.8. The molecule has 6 aliphatic rings. The van der Waals surface area contributed by atoms with Gasteiger partial charge in [-0.2, -0.15) is 0 Å². The van der Waals surface area contributed by atoms with Crippen LogP contribution in [-0.2, 0) is 76.0 Å². The Balaban J connectivity index is 0.000000371. The number of ether oxygens (including phenoxy) is 12. The van der Waals surface area contributed by atoms with E-state index < -0.39 is 233 Å². The van der Waals surface area contributed by atoms with Crippen molar-refractivity contribution in [1.82, 2.24) is 9.80 Å². The second-order valence-corrected chi connectivity index (χ2v) is 33.0. The molecule has 0 spiro atoms. The second-order valence-electron chi connectivity index (χ2n) is 33.0. The molecule has 0 bridgehead atoms. The first-order valence-electron chi connectivity index (χ1n) is 37.1.